The van der Waals surface area contributed by atoms with Crippen molar-refractivity contribution in [2.75, 3.05) is 23.3 Å². The Hall–Kier alpha value is -3.13. The molecule has 1 amide bonds. The van der Waals surface area contributed by atoms with Crippen LogP contribution in [0.3, 0.4) is 0 Å². The monoisotopic (exact) mass is 426 g/mol. The maximum Gasteiger partial charge on any atom is 0.258 e. The first-order valence-corrected chi connectivity index (χ1v) is 10.2. The molecule has 1 aromatic heterocycles. The number of nitrogens with zero attached hydrogens (tertiary/aromatic N) is 3. The average molecular weight is 426 g/mol. The summed E-state index contributed by atoms with van der Waals surface area (Å²) in [7, 11) is 0. The SMILES string of the molecule is Cc1nc2cc(F)cc(C(=O)Nc3ccc(N4CC(C)OC(C)C4)c(F)c3)c2nc1C. The van der Waals surface area contributed by atoms with Gasteiger partial charge < -0.3 is 15.0 Å². The Morgan fingerprint density at radius 1 is 1.06 bits per heavy atom. The zero-order valence-corrected chi connectivity index (χ0v) is 17.9. The van der Waals surface area contributed by atoms with Gasteiger partial charge in [0.1, 0.15) is 17.2 Å². The lowest BCUT2D eigenvalue weighted by atomic mass is 10.1. The third-order valence-electron chi connectivity index (χ3n) is 5.36. The fourth-order valence-electron chi connectivity index (χ4n) is 3.88. The number of nitrogens with one attached hydrogen (secondary N) is 1. The van der Waals surface area contributed by atoms with E-state index >= 15 is 0 Å². The molecule has 0 aliphatic carbocycles. The Kier molecular flexibility index (Phi) is 5.58. The van der Waals surface area contributed by atoms with Crippen molar-refractivity contribution in [3.05, 3.63) is 58.9 Å². The average Bonchev–Trinajstić information content (AvgIpc) is 2.68. The molecule has 2 heterocycles. The maximum absolute atomic E-state index is 14.8. The van der Waals surface area contributed by atoms with E-state index in [9.17, 15) is 13.6 Å². The summed E-state index contributed by atoms with van der Waals surface area (Å²) in [6, 6.07) is 6.88. The molecule has 0 spiro atoms. The van der Waals surface area contributed by atoms with Gasteiger partial charge in [-0.05, 0) is 52.0 Å². The molecule has 1 aliphatic heterocycles. The van der Waals surface area contributed by atoms with Crippen LogP contribution in [0.2, 0.25) is 0 Å². The Labute approximate surface area is 179 Å². The number of aryl methyl sites for hydroxylation is 2. The number of aromatic nitrogens is 2. The van der Waals surface area contributed by atoms with Crippen LogP contribution in [0.1, 0.15) is 35.6 Å². The van der Waals surface area contributed by atoms with Crippen molar-refractivity contribution in [1.82, 2.24) is 9.97 Å². The van der Waals surface area contributed by atoms with Crippen LogP contribution in [0.4, 0.5) is 20.2 Å². The summed E-state index contributed by atoms with van der Waals surface area (Å²) in [6.07, 6.45) is -0.00557. The first-order valence-electron chi connectivity index (χ1n) is 10.2. The number of ether oxygens (including phenoxy) is 1. The number of hydrogen-bond donors (Lipinski definition) is 1. The maximum atomic E-state index is 14.8. The second kappa shape index (κ2) is 8.19. The summed E-state index contributed by atoms with van der Waals surface area (Å²) >= 11 is 0. The smallest absolute Gasteiger partial charge is 0.258 e. The molecule has 4 rings (SSSR count). The summed E-state index contributed by atoms with van der Waals surface area (Å²) in [5, 5.41) is 2.64. The molecular weight excluding hydrogens is 402 g/mol. The number of carbonyl (C=O) groups is 1. The van der Waals surface area contributed by atoms with Crippen molar-refractivity contribution in [3.8, 4) is 0 Å². The molecule has 6 nitrogen and oxygen atoms in total. The summed E-state index contributed by atoms with van der Waals surface area (Å²) in [5.41, 5.74) is 2.68. The van der Waals surface area contributed by atoms with E-state index in [4.69, 9.17) is 4.74 Å². The number of rotatable bonds is 3. The molecule has 1 saturated heterocycles. The number of benzene rings is 2. The van der Waals surface area contributed by atoms with E-state index in [1.54, 1.807) is 26.0 Å². The van der Waals surface area contributed by atoms with E-state index in [1.165, 1.54) is 12.1 Å². The van der Waals surface area contributed by atoms with Gasteiger partial charge in [-0.2, -0.15) is 0 Å². The lowest BCUT2D eigenvalue weighted by Gasteiger charge is -2.37. The number of carbonyl (C=O) groups excluding carboxylic acids is 1. The van der Waals surface area contributed by atoms with Crippen molar-refractivity contribution in [2.45, 2.75) is 39.9 Å². The number of fused-ring (bicyclic) bond motifs is 1. The highest BCUT2D eigenvalue weighted by Gasteiger charge is 2.24. The van der Waals surface area contributed by atoms with Crippen molar-refractivity contribution < 1.29 is 18.3 Å². The minimum atomic E-state index is -0.590. The first-order chi connectivity index (χ1) is 14.7. The molecule has 2 atom stereocenters. The molecule has 0 bridgehead atoms. The highest BCUT2D eigenvalue weighted by atomic mass is 19.1. The second-order valence-electron chi connectivity index (χ2n) is 8.00. The van der Waals surface area contributed by atoms with E-state index in [-0.39, 0.29) is 23.5 Å². The fourth-order valence-corrected chi connectivity index (χ4v) is 3.88. The minimum absolute atomic E-state index is 0.00279. The van der Waals surface area contributed by atoms with E-state index < -0.39 is 17.5 Å². The molecule has 1 fully saturated rings. The quantitative estimate of drug-likeness (QED) is 0.673. The van der Waals surface area contributed by atoms with E-state index in [0.717, 1.165) is 6.07 Å². The van der Waals surface area contributed by atoms with Gasteiger partial charge in [0.2, 0.25) is 0 Å². The van der Waals surface area contributed by atoms with Crippen molar-refractivity contribution >= 4 is 28.3 Å². The highest BCUT2D eigenvalue weighted by molar-refractivity contribution is 6.11. The molecule has 1 N–H and O–H groups in total. The number of anilines is 2. The number of halogens is 2. The third kappa shape index (κ3) is 4.34. The second-order valence-corrected chi connectivity index (χ2v) is 8.00. The van der Waals surface area contributed by atoms with Gasteiger partial charge in [0, 0.05) is 24.8 Å². The topological polar surface area (TPSA) is 67.4 Å². The van der Waals surface area contributed by atoms with Crippen LogP contribution in [-0.4, -0.2) is 41.2 Å². The molecule has 1 aliphatic rings. The molecule has 3 aromatic rings. The Morgan fingerprint density at radius 2 is 1.74 bits per heavy atom. The minimum Gasteiger partial charge on any atom is -0.372 e. The summed E-state index contributed by atoms with van der Waals surface area (Å²) < 4.78 is 34.6. The van der Waals surface area contributed by atoms with Gasteiger partial charge in [-0.15, -0.1) is 0 Å². The van der Waals surface area contributed by atoms with Crippen LogP contribution >= 0.6 is 0 Å². The molecule has 0 radical (unpaired) electrons. The zero-order valence-electron chi connectivity index (χ0n) is 17.9. The van der Waals surface area contributed by atoms with Crippen LogP contribution in [0.15, 0.2) is 30.3 Å². The summed E-state index contributed by atoms with van der Waals surface area (Å²) in [4.78, 5) is 23.5. The van der Waals surface area contributed by atoms with E-state index in [1.807, 2.05) is 18.7 Å². The predicted molar refractivity (Wildman–Crippen MR) is 116 cm³/mol. The normalized spacial score (nSPS) is 19.0. The van der Waals surface area contributed by atoms with Gasteiger partial charge in [0.25, 0.3) is 5.91 Å². The lowest BCUT2D eigenvalue weighted by molar-refractivity contribution is -0.00539. The Balaban J connectivity index is 1.61. The van der Waals surface area contributed by atoms with Gasteiger partial charge in [0.15, 0.2) is 0 Å². The van der Waals surface area contributed by atoms with Gasteiger partial charge in [-0.3, -0.25) is 4.79 Å². The number of morpholine rings is 1. The number of amides is 1. The Bertz CT molecular complexity index is 1160. The van der Waals surface area contributed by atoms with Gasteiger partial charge in [-0.1, -0.05) is 0 Å². The van der Waals surface area contributed by atoms with E-state index in [2.05, 4.69) is 15.3 Å². The fraction of sp³-hybridized carbons (Fsp3) is 0.348. The summed E-state index contributed by atoms with van der Waals surface area (Å²) in [6.45, 7) is 8.61. The highest BCUT2D eigenvalue weighted by Crippen LogP contribution is 2.27. The third-order valence-corrected chi connectivity index (χ3v) is 5.36. The van der Waals surface area contributed by atoms with Crippen molar-refractivity contribution in [2.24, 2.45) is 0 Å². The zero-order chi connectivity index (χ0) is 22.3. The largest absolute Gasteiger partial charge is 0.372 e. The molecule has 2 aromatic carbocycles. The molecule has 0 saturated carbocycles. The molecule has 31 heavy (non-hydrogen) atoms. The standard InChI is InChI=1S/C23H24F2N4O2/c1-12-10-29(11-13(2)31-12)21-6-5-17(9-19(21)25)28-23(30)18-7-16(24)8-20-22(18)27-15(4)14(3)26-20/h5-9,12-13H,10-11H2,1-4H3,(H,28,30). The van der Waals surface area contributed by atoms with Crippen LogP contribution in [0, 0.1) is 25.5 Å². The molecular formula is C23H24F2N4O2. The molecule has 2 unspecified atom stereocenters. The van der Waals surface area contributed by atoms with Gasteiger partial charge in [0.05, 0.1) is 40.4 Å². The van der Waals surface area contributed by atoms with Crippen LogP contribution in [0.5, 0.6) is 0 Å². The van der Waals surface area contributed by atoms with Crippen molar-refractivity contribution in [1.29, 1.82) is 0 Å². The van der Waals surface area contributed by atoms with Crippen LogP contribution < -0.4 is 10.2 Å². The van der Waals surface area contributed by atoms with Gasteiger partial charge in [-0.25, -0.2) is 18.7 Å². The van der Waals surface area contributed by atoms with E-state index in [0.29, 0.717) is 41.2 Å². The van der Waals surface area contributed by atoms with Crippen molar-refractivity contribution in [3.63, 3.8) is 0 Å². The molecule has 162 valence electrons. The van der Waals surface area contributed by atoms with Gasteiger partial charge >= 0.3 is 0 Å². The lowest BCUT2D eigenvalue weighted by Crippen LogP contribution is -2.45. The first kappa shape index (κ1) is 21.1. The van der Waals surface area contributed by atoms with Crippen LogP contribution in [0.25, 0.3) is 11.0 Å². The molecule has 8 heteroatoms. The predicted octanol–water partition coefficient (Wildman–Crippen LogP) is 4.39. The Morgan fingerprint density at radius 3 is 2.42 bits per heavy atom. The van der Waals surface area contributed by atoms with Crippen LogP contribution in [-0.2, 0) is 4.74 Å². The summed E-state index contributed by atoms with van der Waals surface area (Å²) in [5.74, 6) is -1.62. The number of hydrogen-bond acceptors (Lipinski definition) is 5.